The van der Waals surface area contributed by atoms with Crippen molar-refractivity contribution < 1.29 is 8.76 Å². The summed E-state index contributed by atoms with van der Waals surface area (Å²) in [6, 6.07) is 4.00. The zero-order chi connectivity index (χ0) is 9.56. The first-order valence-corrected chi connectivity index (χ1v) is 4.39. The third kappa shape index (κ3) is 5.96. The van der Waals surface area contributed by atoms with E-state index in [4.69, 9.17) is 8.76 Å². The molecule has 0 fully saturated rings. The topological polar surface area (TPSA) is 79.0 Å². The van der Waals surface area contributed by atoms with Crippen LogP contribution in [0.15, 0.2) is 18.3 Å². The lowest BCUT2D eigenvalue weighted by atomic mass is 10.2. The Morgan fingerprint density at radius 1 is 1.58 bits per heavy atom. The summed E-state index contributed by atoms with van der Waals surface area (Å²) in [6.45, 7) is 4.07. The van der Waals surface area contributed by atoms with Gasteiger partial charge in [-0.2, -0.15) is 0 Å². The Hall–Kier alpha value is -0.780. The molecule has 0 aliphatic rings. The highest BCUT2D eigenvalue weighted by molar-refractivity contribution is 7.76. The van der Waals surface area contributed by atoms with Crippen molar-refractivity contribution >= 4 is 11.3 Å². The van der Waals surface area contributed by atoms with Crippen molar-refractivity contribution in [2.45, 2.75) is 13.8 Å². The second-order valence-electron chi connectivity index (χ2n) is 2.17. The zero-order valence-corrected chi connectivity index (χ0v) is 7.80. The highest BCUT2D eigenvalue weighted by atomic mass is 32.2. The molecule has 1 rings (SSSR count). The summed E-state index contributed by atoms with van der Waals surface area (Å²) in [5.74, 6) is 0. The third-order valence-electron chi connectivity index (χ3n) is 1.27. The largest absolute Gasteiger partial charge is 0.760 e. The molecule has 0 amide bonds. The van der Waals surface area contributed by atoms with E-state index < -0.39 is 11.3 Å². The number of nitrogens with two attached hydrogens (primary N) is 1. The highest BCUT2D eigenvalue weighted by Gasteiger charge is 1.85. The molecule has 0 bridgehead atoms. The predicted molar refractivity (Wildman–Crippen MR) is 46.8 cm³/mol. The molecular weight excluding hydrogens is 176 g/mol. The summed E-state index contributed by atoms with van der Waals surface area (Å²) >= 11 is -2.36. The number of hydrogen-bond acceptors (Lipinski definition) is 3. The number of pyridine rings is 1. The molecule has 0 saturated heterocycles. The van der Waals surface area contributed by atoms with E-state index in [1.54, 1.807) is 0 Å². The summed E-state index contributed by atoms with van der Waals surface area (Å²) in [7, 11) is 0. The van der Waals surface area contributed by atoms with E-state index in [0.717, 1.165) is 5.69 Å². The van der Waals surface area contributed by atoms with Crippen molar-refractivity contribution in [2.75, 3.05) is 0 Å². The average molecular weight is 187 g/mol. The van der Waals surface area contributed by atoms with Crippen molar-refractivity contribution in [3.05, 3.63) is 29.6 Å². The lowest BCUT2D eigenvalue weighted by Gasteiger charge is -1.92. The van der Waals surface area contributed by atoms with Crippen LogP contribution in [-0.4, -0.2) is 13.7 Å². The summed E-state index contributed by atoms with van der Waals surface area (Å²) in [4.78, 5) is 4.08. The van der Waals surface area contributed by atoms with Crippen LogP contribution < -0.4 is 5.14 Å². The van der Waals surface area contributed by atoms with Gasteiger partial charge in [0.05, 0.1) is 0 Å². The van der Waals surface area contributed by atoms with Crippen molar-refractivity contribution in [1.82, 2.24) is 4.98 Å². The molecule has 1 heterocycles. The minimum Gasteiger partial charge on any atom is -0.760 e. The minimum absolute atomic E-state index is 1.12. The van der Waals surface area contributed by atoms with Crippen molar-refractivity contribution in [2.24, 2.45) is 5.14 Å². The van der Waals surface area contributed by atoms with Gasteiger partial charge in [0.15, 0.2) is 0 Å². The predicted octanol–water partition coefficient (Wildman–Crippen LogP) is 0.438. The van der Waals surface area contributed by atoms with E-state index >= 15 is 0 Å². The third-order valence-corrected chi connectivity index (χ3v) is 1.27. The molecule has 1 aromatic heterocycles. The molecule has 1 aromatic rings. The van der Waals surface area contributed by atoms with Gasteiger partial charge in [-0.3, -0.25) is 14.3 Å². The van der Waals surface area contributed by atoms with Gasteiger partial charge in [-0.15, -0.1) is 0 Å². The van der Waals surface area contributed by atoms with Crippen LogP contribution in [0.25, 0.3) is 0 Å². The Labute approximate surface area is 74.2 Å². The maximum Gasteiger partial charge on any atom is 0.0401 e. The lowest BCUT2D eigenvalue weighted by Crippen LogP contribution is -1.97. The SMILES string of the molecule is Cc1cccnc1C.NS(=O)[O-]. The average Bonchev–Trinajstić information content (AvgIpc) is 1.94. The highest BCUT2D eigenvalue weighted by Crippen LogP contribution is 1.98. The van der Waals surface area contributed by atoms with Crippen LogP contribution in [0.3, 0.4) is 0 Å². The summed E-state index contributed by atoms with van der Waals surface area (Å²) in [5, 5.41) is 4.03. The van der Waals surface area contributed by atoms with E-state index in [1.807, 2.05) is 19.2 Å². The fraction of sp³-hybridized carbons (Fsp3) is 0.286. The first-order chi connectivity index (χ1) is 5.54. The fourth-order valence-corrected chi connectivity index (χ4v) is 0.565. The van der Waals surface area contributed by atoms with E-state index in [1.165, 1.54) is 5.56 Å². The summed E-state index contributed by atoms with van der Waals surface area (Å²) in [5.41, 5.74) is 2.38. The van der Waals surface area contributed by atoms with Crippen molar-refractivity contribution in [3.8, 4) is 0 Å². The Morgan fingerprint density at radius 2 is 2.08 bits per heavy atom. The second kappa shape index (κ2) is 5.82. The van der Waals surface area contributed by atoms with E-state index in [0.29, 0.717) is 0 Å². The Kier molecular flexibility index (Phi) is 5.44. The molecule has 0 aliphatic heterocycles. The second-order valence-corrected chi connectivity index (χ2v) is 2.69. The lowest BCUT2D eigenvalue weighted by molar-refractivity contribution is 0.539. The number of hydrogen-bond donors (Lipinski definition) is 1. The van der Waals surface area contributed by atoms with Crippen LogP contribution in [0.1, 0.15) is 11.3 Å². The molecule has 0 aliphatic carbocycles. The number of rotatable bonds is 0. The first-order valence-electron chi connectivity index (χ1n) is 3.26. The van der Waals surface area contributed by atoms with Crippen molar-refractivity contribution in [1.29, 1.82) is 0 Å². The number of aryl methyl sites for hydroxylation is 2. The molecule has 2 N–H and O–H groups in total. The van der Waals surface area contributed by atoms with Gasteiger partial charge in [0.2, 0.25) is 0 Å². The molecule has 12 heavy (non-hydrogen) atoms. The van der Waals surface area contributed by atoms with Gasteiger partial charge in [0.25, 0.3) is 0 Å². The quantitative estimate of drug-likeness (QED) is 0.598. The van der Waals surface area contributed by atoms with Crippen LogP contribution in [0.4, 0.5) is 0 Å². The van der Waals surface area contributed by atoms with Crippen LogP contribution in [0, 0.1) is 13.8 Å². The van der Waals surface area contributed by atoms with E-state index in [-0.39, 0.29) is 0 Å². The number of nitrogens with zero attached hydrogens (tertiary/aromatic N) is 1. The molecule has 1 atom stereocenters. The summed E-state index contributed by atoms with van der Waals surface area (Å²) < 4.78 is 17.6. The number of aromatic nitrogens is 1. The maximum absolute atomic E-state index is 8.78. The van der Waals surface area contributed by atoms with Gasteiger partial charge >= 0.3 is 0 Å². The van der Waals surface area contributed by atoms with Gasteiger partial charge in [-0.1, -0.05) is 6.07 Å². The molecule has 0 aromatic carbocycles. The van der Waals surface area contributed by atoms with Crippen LogP contribution in [0.5, 0.6) is 0 Å². The van der Waals surface area contributed by atoms with E-state index in [9.17, 15) is 0 Å². The van der Waals surface area contributed by atoms with Gasteiger partial charge in [-0.05, 0) is 25.5 Å². The van der Waals surface area contributed by atoms with Crippen LogP contribution in [-0.2, 0) is 11.3 Å². The molecule has 0 saturated carbocycles. The van der Waals surface area contributed by atoms with Gasteiger partial charge in [0, 0.05) is 23.2 Å². The van der Waals surface area contributed by atoms with Crippen LogP contribution in [0.2, 0.25) is 0 Å². The fourth-order valence-electron chi connectivity index (χ4n) is 0.565. The first kappa shape index (κ1) is 11.2. The molecule has 4 nitrogen and oxygen atoms in total. The Morgan fingerprint density at radius 3 is 2.33 bits per heavy atom. The monoisotopic (exact) mass is 187 g/mol. The smallest absolute Gasteiger partial charge is 0.0401 e. The summed E-state index contributed by atoms with van der Waals surface area (Å²) in [6.07, 6.45) is 1.81. The Balaban J connectivity index is 0.000000261. The zero-order valence-electron chi connectivity index (χ0n) is 6.98. The Bertz CT molecular complexity index is 240. The molecular formula is C7H11N2O2S-. The maximum atomic E-state index is 8.78. The van der Waals surface area contributed by atoms with Crippen molar-refractivity contribution in [3.63, 3.8) is 0 Å². The van der Waals surface area contributed by atoms with E-state index in [2.05, 4.69) is 23.1 Å². The molecule has 5 heteroatoms. The molecule has 0 radical (unpaired) electrons. The minimum atomic E-state index is -2.36. The van der Waals surface area contributed by atoms with Gasteiger partial charge < -0.3 is 4.55 Å². The van der Waals surface area contributed by atoms with Crippen LogP contribution >= 0.6 is 0 Å². The normalized spacial score (nSPS) is 11.3. The van der Waals surface area contributed by atoms with Gasteiger partial charge in [0.1, 0.15) is 0 Å². The molecule has 0 spiro atoms. The standard InChI is InChI=1S/C7H9N.H3NO2S/c1-6-4-3-5-8-7(6)2;1-4(2)3/h3-5H,1-2H3;1H2,(H,2,3)/p-1. The molecule has 1 unspecified atom stereocenters. The van der Waals surface area contributed by atoms with Gasteiger partial charge in [-0.25, -0.2) is 0 Å². The molecule has 68 valence electrons.